The average Bonchev–Trinajstić information content (AvgIpc) is 2.97. The molecule has 3 nitrogen and oxygen atoms in total. The fourth-order valence-corrected chi connectivity index (χ4v) is 3.69. The molecule has 1 atom stereocenters. The van der Waals surface area contributed by atoms with E-state index in [9.17, 15) is 0 Å². The molecule has 3 heterocycles. The highest BCUT2D eigenvalue weighted by Gasteiger charge is 2.24. The molecule has 1 aliphatic heterocycles. The Morgan fingerprint density at radius 3 is 3.24 bits per heavy atom. The summed E-state index contributed by atoms with van der Waals surface area (Å²) in [6.45, 7) is 3.24. The maximum absolute atomic E-state index is 4.80. The Hall–Kier alpha value is -1.03. The van der Waals surface area contributed by atoms with Gasteiger partial charge >= 0.3 is 0 Å². The molecule has 0 aliphatic carbocycles. The molecule has 2 aromatic rings. The van der Waals surface area contributed by atoms with Gasteiger partial charge in [-0.3, -0.25) is 0 Å². The van der Waals surface area contributed by atoms with Crippen molar-refractivity contribution in [2.45, 2.75) is 32.2 Å². The number of hydrogen-bond acceptors (Lipinski definition) is 3. The predicted molar refractivity (Wildman–Crippen MR) is 72.5 cm³/mol. The summed E-state index contributed by atoms with van der Waals surface area (Å²) in [5.74, 6) is 4.37. The van der Waals surface area contributed by atoms with E-state index in [0.717, 1.165) is 24.1 Å². The molecule has 1 fully saturated rings. The van der Waals surface area contributed by atoms with Gasteiger partial charge in [0.15, 0.2) is 5.65 Å². The number of pyridine rings is 1. The highest BCUT2D eigenvalue weighted by molar-refractivity contribution is 7.99. The first-order valence-electron chi connectivity index (χ1n) is 6.29. The van der Waals surface area contributed by atoms with E-state index >= 15 is 0 Å². The summed E-state index contributed by atoms with van der Waals surface area (Å²) >= 11 is 2.04. The highest BCUT2D eigenvalue weighted by atomic mass is 32.2. The summed E-state index contributed by atoms with van der Waals surface area (Å²) in [4.78, 5) is 9.29. The van der Waals surface area contributed by atoms with E-state index in [0.29, 0.717) is 5.92 Å². The molecule has 0 amide bonds. The zero-order valence-corrected chi connectivity index (χ0v) is 10.9. The van der Waals surface area contributed by atoms with Crippen molar-refractivity contribution < 1.29 is 0 Å². The molecule has 0 radical (unpaired) electrons. The van der Waals surface area contributed by atoms with Gasteiger partial charge in [0.2, 0.25) is 0 Å². The van der Waals surface area contributed by atoms with Crippen LogP contribution < -0.4 is 0 Å². The molecule has 3 rings (SSSR count). The zero-order chi connectivity index (χ0) is 11.7. The molecule has 1 aliphatic rings. The van der Waals surface area contributed by atoms with Gasteiger partial charge in [-0.25, -0.2) is 9.97 Å². The number of rotatable bonds is 3. The number of aromatic nitrogens is 3. The normalized spacial score (nSPS) is 20.2. The number of fused-ring (bicyclic) bond motifs is 1. The number of hydrogen-bond donors (Lipinski definition) is 0. The van der Waals surface area contributed by atoms with Gasteiger partial charge in [0.1, 0.15) is 11.3 Å². The number of thioether (sulfide) groups is 1. The van der Waals surface area contributed by atoms with E-state index in [1.165, 1.54) is 23.8 Å². The quantitative estimate of drug-likeness (QED) is 0.835. The van der Waals surface area contributed by atoms with Gasteiger partial charge in [-0.2, -0.15) is 11.8 Å². The molecule has 0 N–H and O–H groups in total. The summed E-state index contributed by atoms with van der Waals surface area (Å²) in [5.41, 5.74) is 2.11. The van der Waals surface area contributed by atoms with Crippen LogP contribution in [0.3, 0.4) is 0 Å². The summed E-state index contributed by atoms with van der Waals surface area (Å²) in [5, 5.41) is 0. The topological polar surface area (TPSA) is 30.7 Å². The van der Waals surface area contributed by atoms with E-state index in [1.807, 2.05) is 24.0 Å². The predicted octanol–water partition coefficient (Wildman–Crippen LogP) is 3.06. The highest BCUT2D eigenvalue weighted by Crippen LogP contribution is 2.33. The van der Waals surface area contributed by atoms with Gasteiger partial charge in [0.05, 0.1) is 0 Å². The van der Waals surface area contributed by atoms with Crippen LogP contribution in [0, 0.1) is 0 Å². The molecular formula is C13H17N3S. The second-order valence-corrected chi connectivity index (χ2v) is 5.68. The van der Waals surface area contributed by atoms with E-state index in [1.54, 1.807) is 0 Å². The lowest BCUT2D eigenvalue weighted by molar-refractivity contribution is 0.604. The standard InChI is InChI=1S/C13H17N3S/c1-2-7-16-12(10-5-8-17-9-10)15-11-4-3-6-14-13(11)16/h3-4,6,10H,2,5,7-9H2,1H3. The van der Waals surface area contributed by atoms with E-state index < -0.39 is 0 Å². The van der Waals surface area contributed by atoms with Crippen LogP contribution in [0.4, 0.5) is 0 Å². The van der Waals surface area contributed by atoms with Crippen LogP contribution in [0.25, 0.3) is 11.2 Å². The third-order valence-corrected chi connectivity index (χ3v) is 4.44. The smallest absolute Gasteiger partial charge is 0.159 e. The molecule has 2 aromatic heterocycles. The van der Waals surface area contributed by atoms with Crippen molar-refractivity contribution in [2.75, 3.05) is 11.5 Å². The summed E-state index contributed by atoms with van der Waals surface area (Å²) in [7, 11) is 0. The van der Waals surface area contributed by atoms with Gasteiger partial charge in [-0.05, 0) is 30.7 Å². The second-order valence-electron chi connectivity index (χ2n) is 4.53. The molecule has 1 saturated heterocycles. The SMILES string of the molecule is CCCn1c(C2CCSC2)nc2cccnc21. The molecule has 4 heteroatoms. The summed E-state index contributed by atoms with van der Waals surface area (Å²) in [6.07, 6.45) is 4.26. The van der Waals surface area contributed by atoms with Crippen LogP contribution in [-0.2, 0) is 6.54 Å². The molecule has 0 bridgehead atoms. The molecule has 90 valence electrons. The number of aryl methyl sites for hydroxylation is 1. The zero-order valence-electron chi connectivity index (χ0n) is 10.1. The first-order valence-corrected chi connectivity index (χ1v) is 7.44. The maximum atomic E-state index is 4.80. The van der Waals surface area contributed by atoms with Gasteiger partial charge in [0.25, 0.3) is 0 Å². The third-order valence-electron chi connectivity index (χ3n) is 3.28. The Bertz CT molecular complexity index is 514. The van der Waals surface area contributed by atoms with Crippen molar-refractivity contribution in [2.24, 2.45) is 0 Å². The van der Waals surface area contributed by atoms with E-state index in [-0.39, 0.29) is 0 Å². The Labute approximate surface area is 106 Å². The van der Waals surface area contributed by atoms with Crippen molar-refractivity contribution in [3.63, 3.8) is 0 Å². The minimum absolute atomic E-state index is 0.626. The average molecular weight is 247 g/mol. The van der Waals surface area contributed by atoms with Crippen molar-refractivity contribution >= 4 is 22.9 Å². The van der Waals surface area contributed by atoms with Crippen LogP contribution >= 0.6 is 11.8 Å². The van der Waals surface area contributed by atoms with Crippen molar-refractivity contribution in [3.8, 4) is 0 Å². The Kier molecular flexibility index (Phi) is 3.05. The van der Waals surface area contributed by atoms with E-state index in [4.69, 9.17) is 4.98 Å². The van der Waals surface area contributed by atoms with Crippen LogP contribution in [0.15, 0.2) is 18.3 Å². The first-order chi connectivity index (χ1) is 8.40. The lowest BCUT2D eigenvalue weighted by atomic mass is 10.1. The van der Waals surface area contributed by atoms with Crippen LogP contribution in [0.2, 0.25) is 0 Å². The third kappa shape index (κ3) is 1.95. The Morgan fingerprint density at radius 2 is 2.47 bits per heavy atom. The molecule has 0 spiro atoms. The minimum Gasteiger partial charge on any atom is -0.312 e. The summed E-state index contributed by atoms with van der Waals surface area (Å²) < 4.78 is 2.33. The van der Waals surface area contributed by atoms with Crippen molar-refractivity contribution in [1.82, 2.24) is 14.5 Å². The van der Waals surface area contributed by atoms with Gasteiger partial charge in [0, 0.05) is 24.4 Å². The Morgan fingerprint density at radius 1 is 1.53 bits per heavy atom. The van der Waals surface area contributed by atoms with Crippen LogP contribution in [0.5, 0.6) is 0 Å². The van der Waals surface area contributed by atoms with Crippen molar-refractivity contribution in [3.05, 3.63) is 24.2 Å². The number of imidazole rings is 1. The maximum Gasteiger partial charge on any atom is 0.159 e. The van der Waals surface area contributed by atoms with Crippen LogP contribution in [-0.4, -0.2) is 26.0 Å². The van der Waals surface area contributed by atoms with Gasteiger partial charge in [-0.1, -0.05) is 6.92 Å². The van der Waals surface area contributed by atoms with Crippen LogP contribution in [0.1, 0.15) is 31.5 Å². The lowest BCUT2D eigenvalue weighted by Gasteiger charge is -2.11. The van der Waals surface area contributed by atoms with Gasteiger partial charge in [-0.15, -0.1) is 0 Å². The molecular weight excluding hydrogens is 230 g/mol. The Balaban J connectivity index is 2.11. The molecule has 17 heavy (non-hydrogen) atoms. The fourth-order valence-electron chi connectivity index (χ4n) is 2.47. The lowest BCUT2D eigenvalue weighted by Crippen LogP contribution is -2.09. The van der Waals surface area contributed by atoms with E-state index in [2.05, 4.69) is 22.5 Å². The molecule has 0 saturated carbocycles. The number of nitrogens with zero attached hydrogens (tertiary/aromatic N) is 3. The first kappa shape index (κ1) is 11.1. The van der Waals surface area contributed by atoms with Crippen molar-refractivity contribution in [1.29, 1.82) is 0 Å². The fraction of sp³-hybridized carbons (Fsp3) is 0.538. The minimum atomic E-state index is 0.626. The monoisotopic (exact) mass is 247 g/mol. The summed E-state index contributed by atoms with van der Waals surface area (Å²) in [6, 6.07) is 4.04. The largest absolute Gasteiger partial charge is 0.312 e. The molecule has 1 unspecified atom stereocenters. The second kappa shape index (κ2) is 4.69. The van der Waals surface area contributed by atoms with Gasteiger partial charge < -0.3 is 4.57 Å². The molecule has 0 aromatic carbocycles.